The summed E-state index contributed by atoms with van der Waals surface area (Å²) >= 11 is 1.28. The second-order valence-electron chi connectivity index (χ2n) is 3.65. The second-order valence-corrected chi connectivity index (χ2v) is 5.06. The number of carboxylic acids is 1. The van der Waals surface area contributed by atoms with Crippen molar-refractivity contribution >= 4 is 23.6 Å². The van der Waals surface area contributed by atoms with Crippen LogP contribution in [0.3, 0.4) is 0 Å². The summed E-state index contributed by atoms with van der Waals surface area (Å²) < 4.78 is 0. The van der Waals surface area contributed by atoms with E-state index in [2.05, 4.69) is 5.32 Å². The lowest BCUT2D eigenvalue weighted by atomic mass is 10.2. The Morgan fingerprint density at radius 2 is 2.40 bits per heavy atom. The molecule has 1 fully saturated rings. The van der Waals surface area contributed by atoms with Crippen molar-refractivity contribution in [1.29, 1.82) is 0 Å². The van der Waals surface area contributed by atoms with Crippen LogP contribution >= 0.6 is 11.8 Å². The lowest BCUT2D eigenvalue weighted by Crippen LogP contribution is -2.33. The summed E-state index contributed by atoms with van der Waals surface area (Å²) in [5.41, 5.74) is 0. The standard InChI is InChI=1S/C10H17NO3S/c1-2-7(10(13)14)15-8-5-3-4-6-11-9(8)12/h7-8H,2-6H2,1H3,(H,11,12)(H,13,14). The van der Waals surface area contributed by atoms with Crippen LogP contribution in [-0.4, -0.2) is 34.0 Å². The number of aliphatic carboxylic acids is 1. The summed E-state index contributed by atoms with van der Waals surface area (Å²) in [4.78, 5) is 22.4. The summed E-state index contributed by atoms with van der Waals surface area (Å²) in [7, 11) is 0. The zero-order valence-corrected chi connectivity index (χ0v) is 9.68. The van der Waals surface area contributed by atoms with Crippen LogP contribution in [0.15, 0.2) is 0 Å². The first-order valence-corrected chi connectivity index (χ1v) is 6.25. The molecule has 0 aromatic heterocycles. The minimum Gasteiger partial charge on any atom is -0.480 e. The Balaban J connectivity index is 2.53. The molecular weight excluding hydrogens is 214 g/mol. The van der Waals surface area contributed by atoms with E-state index in [1.807, 2.05) is 6.92 Å². The van der Waals surface area contributed by atoms with E-state index in [9.17, 15) is 9.59 Å². The van der Waals surface area contributed by atoms with Gasteiger partial charge in [0.1, 0.15) is 5.25 Å². The van der Waals surface area contributed by atoms with E-state index in [4.69, 9.17) is 5.11 Å². The number of carboxylic acid groups (broad SMARTS) is 1. The molecule has 1 amide bonds. The molecule has 1 rings (SSSR count). The first-order valence-electron chi connectivity index (χ1n) is 5.31. The molecule has 0 bridgehead atoms. The zero-order valence-electron chi connectivity index (χ0n) is 8.86. The zero-order chi connectivity index (χ0) is 11.3. The smallest absolute Gasteiger partial charge is 0.316 e. The highest BCUT2D eigenvalue weighted by Gasteiger charge is 2.27. The minimum absolute atomic E-state index is 0.00259. The molecule has 86 valence electrons. The molecule has 0 saturated carbocycles. The monoisotopic (exact) mass is 231 g/mol. The first kappa shape index (κ1) is 12.4. The Labute approximate surface area is 93.8 Å². The third-order valence-electron chi connectivity index (χ3n) is 2.46. The molecule has 1 heterocycles. The Morgan fingerprint density at radius 1 is 1.67 bits per heavy atom. The van der Waals surface area contributed by atoms with Gasteiger partial charge in [-0.1, -0.05) is 13.3 Å². The van der Waals surface area contributed by atoms with Crippen LogP contribution in [0.4, 0.5) is 0 Å². The molecule has 1 saturated heterocycles. The number of carbonyl (C=O) groups is 2. The maximum Gasteiger partial charge on any atom is 0.316 e. The van der Waals surface area contributed by atoms with Crippen LogP contribution < -0.4 is 5.32 Å². The summed E-state index contributed by atoms with van der Waals surface area (Å²) in [6.07, 6.45) is 3.34. The van der Waals surface area contributed by atoms with Gasteiger partial charge in [-0.15, -0.1) is 11.8 Å². The topological polar surface area (TPSA) is 66.4 Å². The van der Waals surface area contributed by atoms with Crippen molar-refractivity contribution in [1.82, 2.24) is 5.32 Å². The normalized spacial score (nSPS) is 24.1. The molecule has 0 aromatic rings. The maximum absolute atomic E-state index is 11.6. The number of hydrogen-bond donors (Lipinski definition) is 2. The van der Waals surface area contributed by atoms with E-state index < -0.39 is 11.2 Å². The largest absolute Gasteiger partial charge is 0.480 e. The van der Waals surface area contributed by atoms with E-state index in [0.717, 1.165) is 25.8 Å². The Bertz CT molecular complexity index is 245. The molecule has 0 aromatic carbocycles. The van der Waals surface area contributed by atoms with Crippen molar-refractivity contribution in [2.24, 2.45) is 0 Å². The molecule has 1 aliphatic rings. The molecule has 1 aliphatic heterocycles. The van der Waals surface area contributed by atoms with Gasteiger partial charge in [0, 0.05) is 6.54 Å². The maximum atomic E-state index is 11.6. The van der Waals surface area contributed by atoms with E-state index in [-0.39, 0.29) is 11.2 Å². The van der Waals surface area contributed by atoms with Crippen molar-refractivity contribution < 1.29 is 14.7 Å². The van der Waals surface area contributed by atoms with Crippen LogP contribution in [0.2, 0.25) is 0 Å². The number of amides is 1. The lowest BCUT2D eigenvalue weighted by molar-refractivity contribution is -0.136. The van der Waals surface area contributed by atoms with E-state index >= 15 is 0 Å². The van der Waals surface area contributed by atoms with Crippen LogP contribution in [-0.2, 0) is 9.59 Å². The van der Waals surface area contributed by atoms with Crippen molar-refractivity contribution in [2.45, 2.75) is 43.1 Å². The quantitative estimate of drug-likeness (QED) is 0.764. The molecule has 2 atom stereocenters. The number of nitrogens with one attached hydrogen (secondary N) is 1. The van der Waals surface area contributed by atoms with Gasteiger partial charge in [0.05, 0.1) is 5.25 Å². The van der Waals surface area contributed by atoms with Crippen molar-refractivity contribution in [3.05, 3.63) is 0 Å². The predicted molar refractivity (Wildman–Crippen MR) is 60.0 cm³/mol. The molecule has 5 heteroatoms. The third kappa shape index (κ3) is 3.74. The SMILES string of the molecule is CCC(SC1CCCCNC1=O)C(=O)O. The fraction of sp³-hybridized carbons (Fsp3) is 0.800. The molecule has 2 unspecified atom stereocenters. The fourth-order valence-corrected chi connectivity index (χ4v) is 2.78. The summed E-state index contributed by atoms with van der Waals surface area (Å²) in [5.74, 6) is -0.822. The Kier molecular flexibility index (Phi) is 4.94. The molecule has 0 aliphatic carbocycles. The predicted octanol–water partition coefficient (Wildman–Crippen LogP) is 1.25. The number of carbonyl (C=O) groups excluding carboxylic acids is 1. The summed E-state index contributed by atoms with van der Waals surface area (Å²) in [5, 5.41) is 11.1. The summed E-state index contributed by atoms with van der Waals surface area (Å²) in [6, 6.07) is 0. The molecule has 4 nitrogen and oxygen atoms in total. The van der Waals surface area contributed by atoms with Crippen LogP contribution in [0.25, 0.3) is 0 Å². The van der Waals surface area contributed by atoms with E-state index in [1.165, 1.54) is 11.8 Å². The van der Waals surface area contributed by atoms with Crippen LogP contribution in [0.5, 0.6) is 0 Å². The highest BCUT2D eigenvalue weighted by Crippen LogP contribution is 2.26. The van der Waals surface area contributed by atoms with Crippen molar-refractivity contribution in [3.8, 4) is 0 Å². The summed E-state index contributed by atoms with van der Waals surface area (Å²) in [6.45, 7) is 2.56. The Hall–Kier alpha value is -0.710. The lowest BCUT2D eigenvalue weighted by Gasteiger charge is -2.16. The van der Waals surface area contributed by atoms with E-state index in [0.29, 0.717) is 6.42 Å². The highest BCUT2D eigenvalue weighted by molar-refractivity contribution is 8.01. The molecule has 0 spiro atoms. The highest BCUT2D eigenvalue weighted by atomic mass is 32.2. The van der Waals surface area contributed by atoms with Crippen molar-refractivity contribution in [2.75, 3.05) is 6.54 Å². The average molecular weight is 231 g/mol. The molecule has 15 heavy (non-hydrogen) atoms. The van der Waals surface area contributed by atoms with Gasteiger partial charge in [-0.3, -0.25) is 9.59 Å². The van der Waals surface area contributed by atoms with Crippen molar-refractivity contribution in [3.63, 3.8) is 0 Å². The van der Waals surface area contributed by atoms with Crippen LogP contribution in [0.1, 0.15) is 32.6 Å². The van der Waals surface area contributed by atoms with Gasteiger partial charge in [-0.05, 0) is 19.3 Å². The molecule has 0 radical (unpaired) electrons. The average Bonchev–Trinajstić information content (AvgIpc) is 2.39. The van der Waals surface area contributed by atoms with Gasteiger partial charge < -0.3 is 10.4 Å². The minimum atomic E-state index is -0.820. The Morgan fingerprint density at radius 3 is 3.00 bits per heavy atom. The fourth-order valence-electron chi connectivity index (χ4n) is 1.57. The number of rotatable bonds is 4. The van der Waals surface area contributed by atoms with Gasteiger partial charge in [-0.2, -0.15) is 0 Å². The van der Waals surface area contributed by atoms with Gasteiger partial charge in [0.25, 0.3) is 0 Å². The van der Waals surface area contributed by atoms with Gasteiger partial charge in [-0.25, -0.2) is 0 Å². The third-order valence-corrected chi connectivity index (χ3v) is 4.10. The van der Waals surface area contributed by atoms with E-state index in [1.54, 1.807) is 0 Å². The van der Waals surface area contributed by atoms with Gasteiger partial charge in [0.15, 0.2) is 0 Å². The second kappa shape index (κ2) is 6.00. The van der Waals surface area contributed by atoms with Gasteiger partial charge >= 0.3 is 5.97 Å². The molecule has 2 N–H and O–H groups in total. The van der Waals surface area contributed by atoms with Crippen LogP contribution in [0, 0.1) is 0 Å². The first-order chi connectivity index (χ1) is 7.15. The number of hydrogen-bond acceptors (Lipinski definition) is 3. The van der Waals surface area contributed by atoms with Gasteiger partial charge in [0.2, 0.25) is 5.91 Å². The molecular formula is C10H17NO3S. The number of thioether (sulfide) groups is 1.